The van der Waals surface area contributed by atoms with E-state index >= 15 is 0 Å². The number of hydrogen-bond donors (Lipinski definition) is 3. The first-order valence-electron chi connectivity index (χ1n) is 13.5. The van der Waals surface area contributed by atoms with E-state index in [1.165, 1.54) is 6.07 Å². The Bertz CT molecular complexity index is 1320. The number of carbonyl (C=O) groups excluding carboxylic acids is 2. The van der Waals surface area contributed by atoms with Crippen molar-refractivity contribution in [2.45, 2.75) is 68.0 Å². The van der Waals surface area contributed by atoms with E-state index in [0.29, 0.717) is 38.0 Å². The van der Waals surface area contributed by atoms with Gasteiger partial charge in [0, 0.05) is 43.7 Å². The van der Waals surface area contributed by atoms with Crippen LogP contribution in [-0.4, -0.2) is 78.6 Å². The molecule has 0 saturated carbocycles. The van der Waals surface area contributed by atoms with Crippen LogP contribution in [0.3, 0.4) is 0 Å². The molecule has 3 aliphatic heterocycles. The standard InChI is InChI=1S/C28H36N4O6S/c1-19(2)20-8-9-25-24(16-20)38-15-12-28(30-26(34)23-17-22(33)18-32(23)39(25,36)37)10-13-31(14-11-28)27(35)29-21-6-4-3-5-7-21/h3-9,16,19,22-23,33H,10-15,17-18H2,1-2H3,(H,29,35)(H,30,34)/t22-,23+/m1/s1. The number of urea groups is 1. The summed E-state index contributed by atoms with van der Waals surface area (Å²) in [6.45, 7) is 4.92. The topological polar surface area (TPSA) is 128 Å². The molecule has 0 bridgehead atoms. The molecule has 3 aliphatic rings. The van der Waals surface area contributed by atoms with E-state index in [-0.39, 0.29) is 42.2 Å². The second kappa shape index (κ2) is 10.8. The van der Waals surface area contributed by atoms with Gasteiger partial charge in [-0.3, -0.25) is 4.79 Å². The molecule has 3 amide bonds. The molecule has 0 radical (unpaired) electrons. The van der Waals surface area contributed by atoms with Crippen LogP contribution in [0.1, 0.15) is 51.0 Å². The number of sulfonamides is 1. The summed E-state index contributed by atoms with van der Waals surface area (Å²) in [4.78, 5) is 28.2. The lowest BCUT2D eigenvalue weighted by Crippen LogP contribution is -2.60. The van der Waals surface area contributed by atoms with Gasteiger partial charge < -0.3 is 25.4 Å². The van der Waals surface area contributed by atoms with E-state index in [2.05, 4.69) is 10.6 Å². The first-order chi connectivity index (χ1) is 18.6. The van der Waals surface area contributed by atoms with Crippen LogP contribution in [0.15, 0.2) is 53.4 Å². The Kier molecular flexibility index (Phi) is 7.58. The second-order valence-corrected chi connectivity index (χ2v) is 12.9. The third kappa shape index (κ3) is 5.61. The van der Waals surface area contributed by atoms with Crippen LogP contribution in [0.25, 0.3) is 0 Å². The van der Waals surface area contributed by atoms with Crippen LogP contribution in [0.5, 0.6) is 5.75 Å². The van der Waals surface area contributed by atoms with Crippen LogP contribution >= 0.6 is 0 Å². The molecule has 2 aromatic carbocycles. The summed E-state index contributed by atoms with van der Waals surface area (Å²) >= 11 is 0. The van der Waals surface area contributed by atoms with Gasteiger partial charge in [-0.25, -0.2) is 13.2 Å². The van der Waals surface area contributed by atoms with Crippen LogP contribution in [0, 0.1) is 0 Å². The summed E-state index contributed by atoms with van der Waals surface area (Å²) in [6.07, 6.45) is 0.508. The third-order valence-corrected chi connectivity index (χ3v) is 9.93. The van der Waals surface area contributed by atoms with E-state index in [4.69, 9.17) is 4.74 Å². The number of likely N-dealkylation sites (tertiary alicyclic amines) is 1. The molecule has 1 spiro atoms. The zero-order valence-electron chi connectivity index (χ0n) is 22.3. The van der Waals surface area contributed by atoms with Crippen molar-refractivity contribution < 1.29 is 27.9 Å². The highest BCUT2D eigenvalue weighted by molar-refractivity contribution is 7.89. The van der Waals surface area contributed by atoms with E-state index in [1.54, 1.807) is 17.0 Å². The van der Waals surface area contributed by atoms with Gasteiger partial charge in [0.1, 0.15) is 16.7 Å². The fourth-order valence-electron chi connectivity index (χ4n) is 5.62. The largest absolute Gasteiger partial charge is 0.492 e. The molecule has 0 unspecified atom stereocenters. The second-order valence-electron chi connectivity index (χ2n) is 11.0. The Labute approximate surface area is 229 Å². The molecule has 11 heteroatoms. The molecule has 2 atom stereocenters. The quantitative estimate of drug-likeness (QED) is 0.522. The van der Waals surface area contributed by atoms with Crippen LogP contribution < -0.4 is 15.4 Å². The van der Waals surface area contributed by atoms with E-state index in [0.717, 1.165) is 9.87 Å². The molecule has 3 N–H and O–H groups in total. The number of carbonyl (C=O) groups is 2. The van der Waals surface area contributed by atoms with Gasteiger partial charge in [0.2, 0.25) is 15.9 Å². The fraction of sp³-hybridized carbons (Fsp3) is 0.500. The van der Waals surface area contributed by atoms with Crippen molar-refractivity contribution in [2.75, 3.05) is 31.6 Å². The lowest BCUT2D eigenvalue weighted by atomic mass is 9.84. The maximum absolute atomic E-state index is 13.7. The highest BCUT2D eigenvalue weighted by Crippen LogP contribution is 2.36. The minimum absolute atomic E-state index is 0.00199. The number of amides is 3. The van der Waals surface area contributed by atoms with Gasteiger partial charge >= 0.3 is 6.03 Å². The number of aliphatic hydroxyl groups excluding tert-OH is 1. The van der Waals surface area contributed by atoms with Gasteiger partial charge in [-0.05, 0) is 48.6 Å². The Morgan fingerprint density at radius 2 is 1.85 bits per heavy atom. The number of para-hydroxylation sites is 1. The molecule has 39 heavy (non-hydrogen) atoms. The molecule has 0 aromatic heterocycles. The fourth-order valence-corrected chi connectivity index (χ4v) is 7.37. The molecule has 3 heterocycles. The Balaban J connectivity index is 1.41. The molecule has 2 saturated heterocycles. The number of rotatable bonds is 2. The van der Waals surface area contributed by atoms with Crippen LogP contribution in [0.2, 0.25) is 0 Å². The molecule has 0 aliphatic carbocycles. The number of anilines is 1. The minimum Gasteiger partial charge on any atom is -0.492 e. The first-order valence-corrected chi connectivity index (χ1v) is 14.9. The lowest BCUT2D eigenvalue weighted by molar-refractivity contribution is -0.127. The predicted octanol–water partition coefficient (Wildman–Crippen LogP) is 2.90. The summed E-state index contributed by atoms with van der Waals surface area (Å²) in [5.41, 5.74) is 0.974. The van der Waals surface area contributed by atoms with Gasteiger partial charge in [0.25, 0.3) is 0 Å². The highest BCUT2D eigenvalue weighted by Gasteiger charge is 2.47. The number of ether oxygens (including phenoxy) is 1. The average Bonchev–Trinajstić information content (AvgIpc) is 3.31. The predicted molar refractivity (Wildman–Crippen MR) is 146 cm³/mol. The maximum atomic E-state index is 13.7. The molecule has 2 aromatic rings. The number of nitrogens with one attached hydrogen (secondary N) is 2. The van der Waals surface area contributed by atoms with Gasteiger partial charge in [-0.2, -0.15) is 4.31 Å². The minimum atomic E-state index is -4.11. The van der Waals surface area contributed by atoms with Crippen molar-refractivity contribution in [3.8, 4) is 5.75 Å². The zero-order valence-corrected chi connectivity index (χ0v) is 23.1. The molecule has 210 valence electrons. The molecular formula is C28H36N4O6S. The maximum Gasteiger partial charge on any atom is 0.321 e. The molecule has 10 nitrogen and oxygen atoms in total. The number of piperidine rings is 1. The number of hydrogen-bond acceptors (Lipinski definition) is 6. The summed E-state index contributed by atoms with van der Waals surface area (Å²) < 4.78 is 34.7. The molecule has 2 fully saturated rings. The van der Waals surface area contributed by atoms with E-state index in [9.17, 15) is 23.1 Å². The van der Waals surface area contributed by atoms with Crippen molar-refractivity contribution >= 4 is 27.6 Å². The summed E-state index contributed by atoms with van der Waals surface area (Å²) in [6, 6.07) is 13.1. The van der Waals surface area contributed by atoms with Crippen molar-refractivity contribution in [1.29, 1.82) is 0 Å². The van der Waals surface area contributed by atoms with Crippen LogP contribution in [0.4, 0.5) is 10.5 Å². The highest BCUT2D eigenvalue weighted by atomic mass is 32.2. The average molecular weight is 557 g/mol. The monoisotopic (exact) mass is 556 g/mol. The zero-order chi connectivity index (χ0) is 27.8. The van der Waals surface area contributed by atoms with Gasteiger partial charge in [0.05, 0.1) is 12.7 Å². The third-order valence-electron chi connectivity index (χ3n) is 8.02. The number of fused-ring (bicyclic) bond motifs is 2. The Morgan fingerprint density at radius 1 is 1.13 bits per heavy atom. The summed E-state index contributed by atoms with van der Waals surface area (Å²) in [5.74, 6) is -0.00725. The Morgan fingerprint density at radius 3 is 2.54 bits per heavy atom. The first kappa shape index (κ1) is 27.4. The normalized spacial score (nSPS) is 24.7. The smallest absolute Gasteiger partial charge is 0.321 e. The summed E-state index contributed by atoms with van der Waals surface area (Å²) in [5, 5.41) is 16.4. The summed E-state index contributed by atoms with van der Waals surface area (Å²) in [7, 11) is -4.11. The van der Waals surface area contributed by atoms with E-state index in [1.807, 2.05) is 44.2 Å². The molecular weight excluding hydrogens is 520 g/mol. The number of aliphatic hydroxyl groups is 1. The van der Waals surface area contributed by atoms with Gasteiger partial charge in [-0.1, -0.05) is 38.1 Å². The van der Waals surface area contributed by atoms with Crippen molar-refractivity contribution in [1.82, 2.24) is 14.5 Å². The van der Waals surface area contributed by atoms with Crippen LogP contribution in [-0.2, 0) is 14.8 Å². The van der Waals surface area contributed by atoms with Crippen molar-refractivity contribution in [3.05, 3.63) is 54.1 Å². The Hall–Kier alpha value is -3.15. The molecule has 5 rings (SSSR count). The van der Waals surface area contributed by atoms with Crippen molar-refractivity contribution in [2.24, 2.45) is 0 Å². The van der Waals surface area contributed by atoms with Gasteiger partial charge in [-0.15, -0.1) is 0 Å². The number of benzene rings is 2. The van der Waals surface area contributed by atoms with Crippen molar-refractivity contribution in [3.63, 3.8) is 0 Å². The van der Waals surface area contributed by atoms with Gasteiger partial charge in [0.15, 0.2) is 0 Å². The van der Waals surface area contributed by atoms with E-state index < -0.39 is 33.6 Å². The lowest BCUT2D eigenvalue weighted by Gasteiger charge is -2.43. The number of nitrogens with zero attached hydrogens (tertiary/aromatic N) is 2. The SMILES string of the molecule is CC(C)c1ccc2c(c1)OCCC1(CCN(C(=O)Nc3ccccc3)CC1)NC(=O)[C@@H]1C[C@@H](O)CN1S2(=O)=O.